The van der Waals surface area contributed by atoms with Crippen molar-refractivity contribution in [2.24, 2.45) is 5.92 Å². The van der Waals surface area contributed by atoms with Crippen LogP contribution in [0.5, 0.6) is 0 Å². The predicted octanol–water partition coefficient (Wildman–Crippen LogP) is 2.71. The molecule has 2 unspecified atom stereocenters. The first-order valence-electron chi connectivity index (χ1n) is 5.58. The fourth-order valence-corrected chi connectivity index (χ4v) is 2.45. The molecule has 14 heavy (non-hydrogen) atoms. The van der Waals surface area contributed by atoms with Gasteiger partial charge in [-0.1, -0.05) is 43.2 Å². The van der Waals surface area contributed by atoms with Gasteiger partial charge >= 0.3 is 0 Å². The molecule has 0 bridgehead atoms. The first-order chi connectivity index (χ1) is 6.81. The second-order valence-corrected chi connectivity index (χ2v) is 4.35. The van der Waals surface area contributed by atoms with E-state index in [0.717, 1.165) is 18.4 Å². The van der Waals surface area contributed by atoms with Gasteiger partial charge in [0.1, 0.15) is 0 Å². The lowest BCUT2D eigenvalue weighted by molar-refractivity contribution is 0.502. The van der Waals surface area contributed by atoms with Crippen LogP contribution < -0.4 is 5.32 Å². The zero-order valence-corrected chi connectivity index (χ0v) is 9.09. The van der Waals surface area contributed by atoms with E-state index in [4.69, 9.17) is 0 Å². The van der Waals surface area contributed by atoms with E-state index in [-0.39, 0.29) is 0 Å². The van der Waals surface area contributed by atoms with Crippen molar-refractivity contribution in [2.75, 3.05) is 13.1 Å². The molecule has 0 aliphatic carbocycles. The maximum atomic E-state index is 3.49. The van der Waals surface area contributed by atoms with Crippen molar-refractivity contribution in [3.8, 4) is 0 Å². The van der Waals surface area contributed by atoms with Gasteiger partial charge in [0.2, 0.25) is 0 Å². The minimum Gasteiger partial charge on any atom is -0.316 e. The summed E-state index contributed by atoms with van der Waals surface area (Å²) in [5.41, 5.74) is 2.89. The molecule has 1 aliphatic heterocycles. The molecule has 2 rings (SSSR count). The molecular formula is C13H19N. The van der Waals surface area contributed by atoms with Crippen LogP contribution in [0.15, 0.2) is 24.3 Å². The Hall–Kier alpha value is -0.820. The van der Waals surface area contributed by atoms with Crippen molar-refractivity contribution in [1.82, 2.24) is 5.32 Å². The van der Waals surface area contributed by atoms with Crippen LogP contribution in [0, 0.1) is 12.8 Å². The smallest absolute Gasteiger partial charge is 0.00234 e. The fourth-order valence-electron chi connectivity index (χ4n) is 2.45. The van der Waals surface area contributed by atoms with E-state index in [0.29, 0.717) is 0 Å². The van der Waals surface area contributed by atoms with E-state index in [2.05, 4.69) is 43.4 Å². The molecule has 76 valence electrons. The Bertz CT molecular complexity index is 306. The molecule has 0 saturated carbocycles. The summed E-state index contributed by atoms with van der Waals surface area (Å²) in [4.78, 5) is 0. The molecule has 0 aromatic heterocycles. The fraction of sp³-hybridized carbons (Fsp3) is 0.538. The average Bonchev–Trinajstić information content (AvgIpc) is 2.65. The molecule has 1 N–H and O–H groups in total. The number of aryl methyl sites for hydroxylation is 1. The molecular weight excluding hydrogens is 170 g/mol. The van der Waals surface area contributed by atoms with Crippen LogP contribution in [-0.2, 0) is 0 Å². The summed E-state index contributed by atoms with van der Waals surface area (Å²) in [5, 5.41) is 3.49. The summed E-state index contributed by atoms with van der Waals surface area (Å²) in [7, 11) is 0. The molecule has 0 amide bonds. The van der Waals surface area contributed by atoms with Gasteiger partial charge in [0.05, 0.1) is 0 Å². The number of hydrogen-bond donors (Lipinski definition) is 1. The highest BCUT2D eigenvalue weighted by atomic mass is 14.9. The lowest BCUT2D eigenvalue weighted by atomic mass is 9.87. The van der Waals surface area contributed by atoms with Gasteiger partial charge in [-0.3, -0.25) is 0 Å². The van der Waals surface area contributed by atoms with Gasteiger partial charge in [0.25, 0.3) is 0 Å². The van der Waals surface area contributed by atoms with Crippen LogP contribution in [-0.4, -0.2) is 13.1 Å². The van der Waals surface area contributed by atoms with Crippen LogP contribution >= 0.6 is 0 Å². The normalized spacial score (nSPS) is 26.7. The second-order valence-electron chi connectivity index (χ2n) is 4.35. The molecule has 1 heteroatoms. The van der Waals surface area contributed by atoms with Gasteiger partial charge in [-0.2, -0.15) is 0 Å². The lowest BCUT2D eigenvalue weighted by Crippen LogP contribution is -2.09. The van der Waals surface area contributed by atoms with E-state index in [1.54, 1.807) is 0 Å². The van der Waals surface area contributed by atoms with E-state index < -0.39 is 0 Å². The highest BCUT2D eigenvalue weighted by Crippen LogP contribution is 2.30. The molecule has 2 atom stereocenters. The van der Waals surface area contributed by atoms with Gasteiger partial charge in [0, 0.05) is 12.5 Å². The summed E-state index contributed by atoms with van der Waals surface area (Å²) < 4.78 is 0. The van der Waals surface area contributed by atoms with Crippen LogP contribution in [0.3, 0.4) is 0 Å². The monoisotopic (exact) mass is 189 g/mol. The highest BCUT2D eigenvalue weighted by molar-refractivity contribution is 5.27. The molecule has 1 aromatic rings. The quantitative estimate of drug-likeness (QED) is 0.754. The zero-order valence-electron chi connectivity index (χ0n) is 9.09. The Morgan fingerprint density at radius 3 is 2.93 bits per heavy atom. The second kappa shape index (κ2) is 4.14. The Balaban J connectivity index is 2.21. The zero-order chi connectivity index (χ0) is 9.97. The lowest BCUT2D eigenvalue weighted by Gasteiger charge is -2.17. The third-order valence-corrected chi connectivity index (χ3v) is 3.33. The summed E-state index contributed by atoms with van der Waals surface area (Å²) in [6.45, 7) is 6.81. The molecule has 1 fully saturated rings. The maximum absolute atomic E-state index is 3.49. The summed E-state index contributed by atoms with van der Waals surface area (Å²) in [6.07, 6.45) is 1.28. The molecule has 1 nitrogen and oxygen atoms in total. The molecule has 1 saturated heterocycles. The van der Waals surface area contributed by atoms with Gasteiger partial charge in [0.15, 0.2) is 0 Å². The van der Waals surface area contributed by atoms with Crippen molar-refractivity contribution in [3.05, 3.63) is 35.4 Å². The third kappa shape index (κ3) is 1.83. The first kappa shape index (κ1) is 9.72. The maximum Gasteiger partial charge on any atom is 0.00234 e. The summed E-state index contributed by atoms with van der Waals surface area (Å²) >= 11 is 0. The van der Waals surface area contributed by atoms with Crippen LogP contribution in [0.4, 0.5) is 0 Å². The van der Waals surface area contributed by atoms with Crippen molar-refractivity contribution in [1.29, 1.82) is 0 Å². The Labute approximate surface area is 86.5 Å². The molecule has 1 aromatic carbocycles. The van der Waals surface area contributed by atoms with Gasteiger partial charge in [-0.05, 0) is 24.9 Å². The van der Waals surface area contributed by atoms with Crippen molar-refractivity contribution in [3.63, 3.8) is 0 Å². The van der Waals surface area contributed by atoms with E-state index in [1.807, 2.05) is 0 Å². The average molecular weight is 189 g/mol. The van der Waals surface area contributed by atoms with Crippen molar-refractivity contribution in [2.45, 2.75) is 26.2 Å². The van der Waals surface area contributed by atoms with Gasteiger partial charge < -0.3 is 5.32 Å². The number of rotatable bonds is 2. The van der Waals surface area contributed by atoms with E-state index in [9.17, 15) is 0 Å². The molecule has 1 heterocycles. The summed E-state index contributed by atoms with van der Waals surface area (Å²) in [5.74, 6) is 1.57. The minimum absolute atomic E-state index is 0.736. The van der Waals surface area contributed by atoms with E-state index >= 15 is 0 Å². The Morgan fingerprint density at radius 2 is 2.21 bits per heavy atom. The van der Waals surface area contributed by atoms with Crippen molar-refractivity contribution >= 4 is 0 Å². The third-order valence-electron chi connectivity index (χ3n) is 3.33. The SMILES string of the molecule is CCC1CNCC1c1cccc(C)c1. The topological polar surface area (TPSA) is 12.0 Å². The van der Waals surface area contributed by atoms with Gasteiger partial charge in [-0.15, -0.1) is 0 Å². The van der Waals surface area contributed by atoms with Crippen LogP contribution in [0.2, 0.25) is 0 Å². The summed E-state index contributed by atoms with van der Waals surface area (Å²) in [6, 6.07) is 8.95. The number of nitrogens with one attached hydrogen (secondary N) is 1. The Kier molecular flexibility index (Phi) is 2.87. The molecule has 0 radical (unpaired) electrons. The van der Waals surface area contributed by atoms with E-state index in [1.165, 1.54) is 24.1 Å². The largest absolute Gasteiger partial charge is 0.316 e. The standard InChI is InChI=1S/C13H19N/c1-3-11-8-14-9-13(11)12-6-4-5-10(2)7-12/h4-7,11,13-14H,3,8-9H2,1-2H3. The Morgan fingerprint density at radius 1 is 1.36 bits per heavy atom. The first-order valence-corrected chi connectivity index (χ1v) is 5.58. The van der Waals surface area contributed by atoms with Crippen molar-refractivity contribution < 1.29 is 0 Å². The minimum atomic E-state index is 0.736. The predicted molar refractivity (Wildman–Crippen MR) is 60.6 cm³/mol. The van der Waals surface area contributed by atoms with Crippen LogP contribution in [0.1, 0.15) is 30.4 Å². The molecule has 0 spiro atoms. The number of hydrogen-bond acceptors (Lipinski definition) is 1. The number of benzene rings is 1. The van der Waals surface area contributed by atoms with Crippen LogP contribution in [0.25, 0.3) is 0 Å². The molecule has 1 aliphatic rings. The highest BCUT2D eigenvalue weighted by Gasteiger charge is 2.26. The van der Waals surface area contributed by atoms with Gasteiger partial charge in [-0.25, -0.2) is 0 Å².